The van der Waals surface area contributed by atoms with E-state index in [0.717, 1.165) is 24.7 Å². The lowest BCUT2D eigenvalue weighted by Gasteiger charge is -2.16. The van der Waals surface area contributed by atoms with Crippen LogP contribution < -0.4 is 0 Å². The molecule has 0 aromatic carbocycles. The average Bonchev–Trinajstić information content (AvgIpc) is 3.29. The Hall–Kier alpha value is -1.06. The number of rotatable bonds is 8. The van der Waals surface area contributed by atoms with Crippen LogP contribution in [0.3, 0.4) is 0 Å². The summed E-state index contributed by atoms with van der Waals surface area (Å²) in [6.07, 6.45) is 14.2. The van der Waals surface area contributed by atoms with Crippen molar-refractivity contribution in [3.8, 4) is 0 Å². The Morgan fingerprint density at radius 2 is 1.04 bits per heavy atom. The fraction of sp³-hybridized carbons (Fsp3) is 0.900. The second-order valence-electron chi connectivity index (χ2n) is 7.03. The SMILES string of the molecule is C1CCC(C2CCCC2)C1.CCCOC(=O)CCC(=O)OCCC. The van der Waals surface area contributed by atoms with E-state index in [1.165, 1.54) is 25.7 Å². The summed E-state index contributed by atoms with van der Waals surface area (Å²) in [4.78, 5) is 21.9. The van der Waals surface area contributed by atoms with E-state index in [0.29, 0.717) is 13.2 Å². The summed E-state index contributed by atoms with van der Waals surface area (Å²) in [5.41, 5.74) is 0. The van der Waals surface area contributed by atoms with Crippen molar-refractivity contribution >= 4 is 11.9 Å². The lowest BCUT2D eigenvalue weighted by Crippen LogP contribution is -2.10. The zero-order valence-corrected chi connectivity index (χ0v) is 15.7. The first-order valence-electron chi connectivity index (χ1n) is 9.98. The van der Waals surface area contributed by atoms with Gasteiger partial charge in [0.1, 0.15) is 0 Å². The molecule has 2 aliphatic carbocycles. The van der Waals surface area contributed by atoms with Crippen LogP contribution in [0.2, 0.25) is 0 Å². The molecule has 0 unspecified atom stereocenters. The number of carbonyl (C=O) groups is 2. The van der Waals surface area contributed by atoms with Crippen molar-refractivity contribution in [2.24, 2.45) is 11.8 Å². The van der Waals surface area contributed by atoms with Crippen LogP contribution in [0, 0.1) is 11.8 Å². The van der Waals surface area contributed by atoms with Gasteiger partial charge in [-0.05, 0) is 24.7 Å². The van der Waals surface area contributed by atoms with Crippen molar-refractivity contribution in [1.29, 1.82) is 0 Å². The Morgan fingerprint density at radius 3 is 1.33 bits per heavy atom. The third kappa shape index (κ3) is 9.29. The smallest absolute Gasteiger partial charge is 0.306 e. The molecule has 4 nitrogen and oxygen atoms in total. The first-order valence-corrected chi connectivity index (χ1v) is 9.98. The van der Waals surface area contributed by atoms with Gasteiger partial charge in [0.2, 0.25) is 0 Å². The standard InChI is InChI=1S/C10H18O4.C10H18/c1-3-7-13-9(11)5-6-10(12)14-8-4-2;1-2-6-9(5-1)10-7-3-4-8-10/h3-8H2,1-2H3;9-10H,1-8H2. The van der Waals surface area contributed by atoms with Crippen LogP contribution in [0.4, 0.5) is 0 Å². The topological polar surface area (TPSA) is 52.6 Å². The zero-order chi connectivity index (χ0) is 17.6. The van der Waals surface area contributed by atoms with Gasteiger partial charge in [0, 0.05) is 0 Å². The molecule has 2 rings (SSSR count). The van der Waals surface area contributed by atoms with E-state index in [-0.39, 0.29) is 24.8 Å². The largest absolute Gasteiger partial charge is 0.466 e. The van der Waals surface area contributed by atoms with Gasteiger partial charge in [-0.2, -0.15) is 0 Å². The molecule has 0 aromatic heterocycles. The fourth-order valence-electron chi connectivity index (χ4n) is 3.64. The minimum atomic E-state index is -0.333. The van der Waals surface area contributed by atoms with Crippen LogP contribution in [-0.4, -0.2) is 25.2 Å². The van der Waals surface area contributed by atoms with E-state index in [4.69, 9.17) is 9.47 Å². The monoisotopic (exact) mass is 340 g/mol. The van der Waals surface area contributed by atoms with E-state index in [2.05, 4.69) is 0 Å². The molecular weight excluding hydrogens is 304 g/mol. The molecule has 0 N–H and O–H groups in total. The summed E-state index contributed by atoms with van der Waals surface area (Å²) in [5, 5.41) is 0. The molecule has 0 bridgehead atoms. The van der Waals surface area contributed by atoms with Gasteiger partial charge < -0.3 is 9.47 Å². The molecule has 0 aromatic rings. The molecule has 2 fully saturated rings. The highest BCUT2D eigenvalue weighted by Crippen LogP contribution is 2.39. The highest BCUT2D eigenvalue weighted by atomic mass is 16.5. The minimum absolute atomic E-state index is 0.114. The fourth-order valence-corrected chi connectivity index (χ4v) is 3.64. The number of esters is 2. The van der Waals surface area contributed by atoms with Crippen LogP contribution in [0.5, 0.6) is 0 Å². The minimum Gasteiger partial charge on any atom is -0.466 e. The number of carbonyl (C=O) groups excluding carboxylic acids is 2. The first-order chi connectivity index (χ1) is 11.7. The summed E-state index contributed by atoms with van der Waals surface area (Å²) in [7, 11) is 0. The van der Waals surface area contributed by atoms with Crippen molar-refractivity contribution in [2.45, 2.75) is 90.9 Å². The molecule has 24 heavy (non-hydrogen) atoms. The number of ether oxygens (including phenoxy) is 2. The Labute approximate surface area is 147 Å². The molecule has 0 radical (unpaired) electrons. The van der Waals surface area contributed by atoms with Crippen LogP contribution in [-0.2, 0) is 19.1 Å². The summed E-state index contributed by atoms with van der Waals surface area (Å²) < 4.78 is 9.60. The second-order valence-corrected chi connectivity index (χ2v) is 7.03. The van der Waals surface area contributed by atoms with Gasteiger partial charge in [0.25, 0.3) is 0 Å². The lowest BCUT2D eigenvalue weighted by molar-refractivity contribution is -0.150. The highest BCUT2D eigenvalue weighted by molar-refractivity contribution is 5.77. The maximum Gasteiger partial charge on any atom is 0.306 e. The van der Waals surface area contributed by atoms with E-state index >= 15 is 0 Å². The second kappa shape index (κ2) is 13.3. The van der Waals surface area contributed by atoms with Crippen LogP contribution in [0.25, 0.3) is 0 Å². The lowest BCUT2D eigenvalue weighted by atomic mass is 9.90. The Morgan fingerprint density at radius 1 is 0.708 bits per heavy atom. The van der Waals surface area contributed by atoms with E-state index in [1.807, 2.05) is 13.8 Å². The molecule has 140 valence electrons. The molecule has 0 aliphatic heterocycles. The van der Waals surface area contributed by atoms with Gasteiger partial charge in [0.05, 0.1) is 26.1 Å². The predicted octanol–water partition coefficient (Wildman–Crippen LogP) is 5.04. The molecule has 0 atom stereocenters. The van der Waals surface area contributed by atoms with Crippen LogP contribution in [0.1, 0.15) is 90.9 Å². The Balaban J connectivity index is 0.000000250. The molecule has 0 spiro atoms. The molecule has 0 heterocycles. The first kappa shape index (κ1) is 21.0. The van der Waals surface area contributed by atoms with Crippen molar-refractivity contribution < 1.29 is 19.1 Å². The highest BCUT2D eigenvalue weighted by Gasteiger charge is 2.26. The number of hydrogen-bond donors (Lipinski definition) is 0. The average molecular weight is 341 g/mol. The summed E-state index contributed by atoms with van der Waals surface area (Å²) in [6.45, 7) is 4.68. The van der Waals surface area contributed by atoms with Gasteiger partial charge >= 0.3 is 11.9 Å². The molecular formula is C20H36O4. The van der Waals surface area contributed by atoms with E-state index < -0.39 is 0 Å². The van der Waals surface area contributed by atoms with Gasteiger partial charge in [-0.25, -0.2) is 0 Å². The van der Waals surface area contributed by atoms with E-state index in [9.17, 15) is 9.59 Å². The Bertz CT molecular complexity index is 308. The van der Waals surface area contributed by atoms with Gasteiger partial charge in [-0.15, -0.1) is 0 Å². The van der Waals surface area contributed by atoms with Crippen molar-refractivity contribution in [3.63, 3.8) is 0 Å². The van der Waals surface area contributed by atoms with Gasteiger partial charge in [-0.1, -0.05) is 65.2 Å². The zero-order valence-electron chi connectivity index (χ0n) is 15.7. The number of hydrogen-bond acceptors (Lipinski definition) is 4. The summed E-state index contributed by atoms with van der Waals surface area (Å²) in [5.74, 6) is 1.64. The van der Waals surface area contributed by atoms with Crippen molar-refractivity contribution in [1.82, 2.24) is 0 Å². The Kier molecular flexibility index (Phi) is 11.6. The van der Waals surface area contributed by atoms with Crippen molar-refractivity contribution in [2.75, 3.05) is 13.2 Å². The third-order valence-corrected chi connectivity index (χ3v) is 4.93. The third-order valence-electron chi connectivity index (χ3n) is 4.93. The van der Waals surface area contributed by atoms with Gasteiger partial charge in [-0.3, -0.25) is 9.59 Å². The van der Waals surface area contributed by atoms with E-state index in [1.54, 1.807) is 25.7 Å². The van der Waals surface area contributed by atoms with Crippen molar-refractivity contribution in [3.05, 3.63) is 0 Å². The molecule has 0 saturated heterocycles. The molecule has 2 saturated carbocycles. The predicted molar refractivity (Wildman–Crippen MR) is 95.7 cm³/mol. The molecule has 4 heteroatoms. The van der Waals surface area contributed by atoms with Crippen LogP contribution >= 0.6 is 0 Å². The van der Waals surface area contributed by atoms with Crippen LogP contribution in [0.15, 0.2) is 0 Å². The normalized spacial score (nSPS) is 18.1. The summed E-state index contributed by atoms with van der Waals surface area (Å²) >= 11 is 0. The molecule has 2 aliphatic rings. The maximum absolute atomic E-state index is 11.0. The quantitative estimate of drug-likeness (QED) is 0.581. The maximum atomic E-state index is 11.0. The summed E-state index contributed by atoms with van der Waals surface area (Å²) in [6, 6.07) is 0. The molecule has 0 amide bonds. The van der Waals surface area contributed by atoms with Gasteiger partial charge in [0.15, 0.2) is 0 Å².